The average molecular weight is 345 g/mol. The minimum Gasteiger partial charge on any atom is -0.497 e. The van der Waals surface area contributed by atoms with E-state index in [0.717, 1.165) is 49.7 Å². The number of nitrogens with one attached hydrogen (secondary N) is 1. The quantitative estimate of drug-likeness (QED) is 0.797. The van der Waals surface area contributed by atoms with Crippen LogP contribution in [0.25, 0.3) is 0 Å². The Kier molecular flexibility index (Phi) is 5.94. The molecule has 0 aliphatic carbocycles. The van der Waals surface area contributed by atoms with Crippen molar-refractivity contribution < 1.29 is 14.2 Å². The van der Waals surface area contributed by atoms with Gasteiger partial charge in [0.2, 0.25) is 0 Å². The number of hydrogen-bond donors (Lipinski definition) is 1. The molecule has 25 heavy (non-hydrogen) atoms. The average Bonchev–Trinajstić information content (AvgIpc) is 3.30. The smallest absolute Gasteiger partial charge is 0.122 e. The van der Waals surface area contributed by atoms with Crippen molar-refractivity contribution >= 4 is 0 Å². The third kappa shape index (κ3) is 4.32. The van der Waals surface area contributed by atoms with Crippen molar-refractivity contribution in [3.8, 4) is 11.5 Å². The normalized spacial score (nSPS) is 20.0. The van der Waals surface area contributed by atoms with E-state index >= 15 is 0 Å². The van der Waals surface area contributed by atoms with Crippen molar-refractivity contribution in [3.63, 3.8) is 0 Å². The highest BCUT2D eigenvalue weighted by Gasteiger charge is 2.30. The lowest BCUT2D eigenvalue weighted by Gasteiger charge is -2.18. The first-order chi connectivity index (χ1) is 12.2. The SMILES string of the molecule is CCn1cc([C@H]2OCC[C@@H]2CNCc2cc(OC)cc(OC)c2)cn1. The summed E-state index contributed by atoms with van der Waals surface area (Å²) in [7, 11) is 3.34. The van der Waals surface area contributed by atoms with Crippen LogP contribution in [0.4, 0.5) is 0 Å². The van der Waals surface area contributed by atoms with Gasteiger partial charge < -0.3 is 19.5 Å². The fraction of sp³-hybridized carbons (Fsp3) is 0.526. The minimum absolute atomic E-state index is 0.132. The Bertz CT molecular complexity index is 664. The molecular weight excluding hydrogens is 318 g/mol. The maximum absolute atomic E-state index is 5.95. The third-order valence-electron chi connectivity index (χ3n) is 4.67. The lowest BCUT2D eigenvalue weighted by atomic mass is 9.97. The molecule has 1 aliphatic rings. The van der Waals surface area contributed by atoms with Gasteiger partial charge in [-0.3, -0.25) is 4.68 Å². The third-order valence-corrected chi connectivity index (χ3v) is 4.67. The molecule has 2 aromatic rings. The summed E-state index contributed by atoms with van der Waals surface area (Å²) in [5, 5.41) is 7.92. The number of aromatic nitrogens is 2. The number of aryl methyl sites for hydroxylation is 1. The Labute approximate surface area is 149 Å². The monoisotopic (exact) mass is 345 g/mol. The summed E-state index contributed by atoms with van der Waals surface area (Å²) < 4.78 is 18.6. The molecule has 2 heterocycles. The van der Waals surface area contributed by atoms with Crippen molar-refractivity contribution in [1.82, 2.24) is 15.1 Å². The van der Waals surface area contributed by atoms with Crippen molar-refractivity contribution in [1.29, 1.82) is 0 Å². The molecule has 2 atom stereocenters. The molecule has 0 spiro atoms. The summed E-state index contributed by atoms with van der Waals surface area (Å²) in [5.41, 5.74) is 2.32. The Hall–Kier alpha value is -2.05. The van der Waals surface area contributed by atoms with Crippen molar-refractivity contribution in [2.24, 2.45) is 5.92 Å². The predicted octanol–water partition coefficient (Wildman–Crippen LogP) is 2.79. The highest BCUT2D eigenvalue weighted by molar-refractivity contribution is 5.38. The first kappa shape index (κ1) is 17.8. The van der Waals surface area contributed by atoms with Crippen molar-refractivity contribution in [2.45, 2.75) is 32.5 Å². The van der Waals surface area contributed by atoms with Gasteiger partial charge in [0.15, 0.2) is 0 Å². The number of benzene rings is 1. The molecule has 0 bridgehead atoms. The summed E-state index contributed by atoms with van der Waals surface area (Å²) in [6.07, 6.45) is 5.22. The maximum atomic E-state index is 5.95. The van der Waals surface area contributed by atoms with E-state index in [2.05, 4.69) is 23.5 Å². The number of nitrogens with zero attached hydrogens (tertiary/aromatic N) is 2. The fourth-order valence-corrected chi connectivity index (χ4v) is 3.28. The lowest BCUT2D eigenvalue weighted by molar-refractivity contribution is 0.0903. The van der Waals surface area contributed by atoms with Gasteiger partial charge in [-0.15, -0.1) is 0 Å². The molecule has 1 saturated heterocycles. The van der Waals surface area contributed by atoms with E-state index in [1.807, 2.05) is 29.1 Å². The molecule has 6 nitrogen and oxygen atoms in total. The molecule has 1 aromatic heterocycles. The molecule has 1 N–H and O–H groups in total. The van der Waals surface area contributed by atoms with Crippen LogP contribution in [0.15, 0.2) is 30.6 Å². The van der Waals surface area contributed by atoms with Gasteiger partial charge in [-0.2, -0.15) is 5.10 Å². The molecular formula is C19H27N3O3. The first-order valence-corrected chi connectivity index (χ1v) is 8.80. The van der Waals surface area contributed by atoms with Gasteiger partial charge in [0.05, 0.1) is 26.5 Å². The zero-order chi connectivity index (χ0) is 17.6. The van der Waals surface area contributed by atoms with Crippen molar-refractivity contribution in [2.75, 3.05) is 27.4 Å². The van der Waals surface area contributed by atoms with E-state index in [1.54, 1.807) is 14.2 Å². The maximum Gasteiger partial charge on any atom is 0.122 e. The zero-order valence-corrected chi connectivity index (χ0v) is 15.2. The second-order valence-corrected chi connectivity index (χ2v) is 6.32. The van der Waals surface area contributed by atoms with E-state index in [9.17, 15) is 0 Å². The van der Waals surface area contributed by atoms with Crippen LogP contribution in [-0.4, -0.2) is 37.2 Å². The molecule has 1 aliphatic heterocycles. The number of hydrogen-bond acceptors (Lipinski definition) is 5. The standard InChI is InChI=1S/C19H27N3O3/c1-4-22-13-16(12-21-22)19-15(5-6-25-19)11-20-10-14-7-17(23-2)9-18(8-14)24-3/h7-9,12-13,15,19-20H,4-6,10-11H2,1-3H3/t15-,19+/m1/s1. The molecule has 136 valence electrons. The Morgan fingerprint density at radius 3 is 2.64 bits per heavy atom. The van der Waals surface area contributed by atoms with Gasteiger partial charge in [0, 0.05) is 50.0 Å². The minimum atomic E-state index is 0.132. The largest absolute Gasteiger partial charge is 0.497 e. The lowest BCUT2D eigenvalue weighted by Crippen LogP contribution is -2.24. The molecule has 1 fully saturated rings. The number of ether oxygens (including phenoxy) is 3. The van der Waals surface area contributed by atoms with Gasteiger partial charge in [-0.1, -0.05) is 0 Å². The molecule has 0 unspecified atom stereocenters. The molecule has 0 radical (unpaired) electrons. The second-order valence-electron chi connectivity index (χ2n) is 6.32. The Morgan fingerprint density at radius 1 is 1.24 bits per heavy atom. The van der Waals surface area contributed by atoms with E-state index < -0.39 is 0 Å². The van der Waals surface area contributed by atoms with E-state index in [1.165, 1.54) is 5.56 Å². The molecule has 1 aromatic carbocycles. The Morgan fingerprint density at radius 2 is 2.00 bits per heavy atom. The van der Waals surface area contributed by atoms with E-state index in [-0.39, 0.29) is 6.10 Å². The molecule has 0 saturated carbocycles. The highest BCUT2D eigenvalue weighted by Crippen LogP contribution is 2.34. The van der Waals surface area contributed by atoms with Crippen molar-refractivity contribution in [3.05, 3.63) is 41.7 Å². The topological polar surface area (TPSA) is 57.5 Å². The summed E-state index contributed by atoms with van der Waals surface area (Å²) in [5.74, 6) is 2.08. The van der Waals surface area contributed by atoms with Crippen LogP contribution in [0.2, 0.25) is 0 Å². The Balaban J connectivity index is 1.57. The van der Waals surface area contributed by atoms with E-state index in [4.69, 9.17) is 14.2 Å². The summed E-state index contributed by atoms with van der Waals surface area (Å²) in [6, 6.07) is 5.95. The van der Waals surface area contributed by atoms with Gasteiger partial charge in [0.25, 0.3) is 0 Å². The first-order valence-electron chi connectivity index (χ1n) is 8.80. The van der Waals surface area contributed by atoms with Crippen LogP contribution >= 0.6 is 0 Å². The van der Waals surface area contributed by atoms with E-state index in [0.29, 0.717) is 5.92 Å². The fourth-order valence-electron chi connectivity index (χ4n) is 3.28. The van der Waals surface area contributed by atoms with Gasteiger partial charge in [0.1, 0.15) is 11.5 Å². The number of rotatable bonds is 8. The van der Waals surface area contributed by atoms with Crippen LogP contribution in [0.3, 0.4) is 0 Å². The predicted molar refractivity (Wildman–Crippen MR) is 96.0 cm³/mol. The van der Waals surface area contributed by atoms with Crippen LogP contribution in [0.1, 0.15) is 30.6 Å². The second kappa shape index (κ2) is 8.36. The molecule has 0 amide bonds. The molecule has 3 rings (SSSR count). The highest BCUT2D eigenvalue weighted by atomic mass is 16.5. The van der Waals surface area contributed by atoms with Gasteiger partial charge >= 0.3 is 0 Å². The number of methoxy groups -OCH3 is 2. The summed E-state index contributed by atoms with van der Waals surface area (Å²) in [6.45, 7) is 5.45. The van der Waals surface area contributed by atoms with Gasteiger partial charge in [-0.05, 0) is 31.0 Å². The molecule has 6 heteroatoms. The van der Waals surface area contributed by atoms with Crippen LogP contribution in [-0.2, 0) is 17.8 Å². The van der Waals surface area contributed by atoms with Crippen LogP contribution in [0.5, 0.6) is 11.5 Å². The zero-order valence-electron chi connectivity index (χ0n) is 15.2. The van der Waals surface area contributed by atoms with Crippen LogP contribution in [0, 0.1) is 5.92 Å². The van der Waals surface area contributed by atoms with Gasteiger partial charge in [-0.25, -0.2) is 0 Å². The summed E-state index contributed by atoms with van der Waals surface area (Å²) in [4.78, 5) is 0. The van der Waals surface area contributed by atoms with Crippen LogP contribution < -0.4 is 14.8 Å². The summed E-state index contributed by atoms with van der Waals surface area (Å²) >= 11 is 0.